The molecule has 0 unspecified atom stereocenters. The van der Waals surface area contributed by atoms with Crippen LogP contribution in [0.4, 0.5) is 24.5 Å². The zero-order valence-electron chi connectivity index (χ0n) is 28.7. The molecule has 0 spiro atoms. The minimum Gasteiger partial charge on any atom is -0.370 e. The summed E-state index contributed by atoms with van der Waals surface area (Å²) in [5, 5.41) is 18.9. The van der Waals surface area contributed by atoms with Crippen molar-refractivity contribution >= 4 is 35.0 Å². The molecular weight excluding hydrogens is 681 g/mol. The molecule has 6 heterocycles. The third-order valence-electron chi connectivity index (χ3n) is 11.8. The van der Waals surface area contributed by atoms with Crippen LogP contribution in [0.15, 0.2) is 30.7 Å². The predicted molar refractivity (Wildman–Crippen MR) is 181 cm³/mol. The van der Waals surface area contributed by atoms with E-state index in [2.05, 4.69) is 46.0 Å². The van der Waals surface area contributed by atoms with Crippen LogP contribution in [0.25, 0.3) is 0 Å². The number of aromatic amines is 1. The largest absolute Gasteiger partial charge is 0.370 e. The van der Waals surface area contributed by atoms with Gasteiger partial charge in [0.1, 0.15) is 17.9 Å². The molecule has 8 rings (SSSR count). The summed E-state index contributed by atoms with van der Waals surface area (Å²) in [5.41, 5.74) is 1.62. The summed E-state index contributed by atoms with van der Waals surface area (Å²) >= 11 is 0. The molecule has 5 aliphatic rings. The monoisotopic (exact) mass is 722 g/mol. The van der Waals surface area contributed by atoms with Gasteiger partial charge >= 0.3 is 0 Å². The van der Waals surface area contributed by atoms with Gasteiger partial charge in [-0.3, -0.25) is 34.3 Å². The number of aromatic nitrogens is 5. The molecule has 3 aromatic heterocycles. The molecule has 276 valence electrons. The molecular formula is C35H41F3N10O4. The van der Waals surface area contributed by atoms with Crippen LogP contribution >= 0.6 is 0 Å². The van der Waals surface area contributed by atoms with E-state index in [0.717, 1.165) is 38.2 Å². The number of halogens is 3. The highest BCUT2D eigenvalue weighted by Gasteiger charge is 2.78. The summed E-state index contributed by atoms with van der Waals surface area (Å²) in [7, 11) is 0. The van der Waals surface area contributed by atoms with Crippen LogP contribution in [0.3, 0.4) is 0 Å². The van der Waals surface area contributed by atoms with Gasteiger partial charge in [0, 0.05) is 74.4 Å². The maximum Gasteiger partial charge on any atom is 0.276 e. The van der Waals surface area contributed by atoms with Gasteiger partial charge in [0.25, 0.3) is 17.7 Å². The van der Waals surface area contributed by atoms with Gasteiger partial charge in [0.05, 0.1) is 29.8 Å². The molecule has 14 nitrogen and oxygen atoms in total. The first-order chi connectivity index (χ1) is 24.9. The highest BCUT2D eigenvalue weighted by molar-refractivity contribution is 6.04. The topological polar surface area (TPSA) is 170 Å². The standard InChI is InChI=1S/C35H41F3N10O4/c1-34-13-26-22(12-28(34)35(34,37)38)30(45-44-26)33(52)41-20-14-40-48(17-20)27-8-9-46(18-23(27)36)16-19-6-10-47(11-7-19)21-2-3-24(39-15-21)31(50)42-25-4-5-29(49)43-32(25)51/h2-3,14-15,17,19,23,25,27-28H,4-13,16,18H2,1H3,(H,41,52)(H,42,50)(H,44,45)(H,43,49,51)/t23-,25-,27-,28-,34+/m0/s1. The molecule has 1 saturated carbocycles. The molecule has 2 aliphatic carbocycles. The number of pyridine rings is 1. The predicted octanol–water partition coefficient (Wildman–Crippen LogP) is 2.66. The minimum atomic E-state index is -2.75. The first-order valence-corrected chi connectivity index (χ1v) is 17.9. The van der Waals surface area contributed by atoms with E-state index in [-0.39, 0.29) is 49.5 Å². The average molecular weight is 723 g/mol. The lowest BCUT2D eigenvalue weighted by Crippen LogP contribution is -2.52. The lowest BCUT2D eigenvalue weighted by Gasteiger charge is -2.39. The van der Waals surface area contributed by atoms with E-state index in [4.69, 9.17) is 0 Å². The number of anilines is 2. The normalized spacial score (nSPS) is 28.8. The van der Waals surface area contributed by atoms with Crippen LogP contribution < -0.4 is 20.9 Å². The molecule has 0 radical (unpaired) electrons. The van der Waals surface area contributed by atoms with E-state index in [1.54, 1.807) is 30.1 Å². The maximum atomic E-state index is 15.6. The first-order valence-electron chi connectivity index (χ1n) is 17.9. The average Bonchev–Trinajstić information content (AvgIpc) is 3.54. The Morgan fingerprint density at radius 3 is 2.60 bits per heavy atom. The van der Waals surface area contributed by atoms with Crippen molar-refractivity contribution < 1.29 is 32.3 Å². The van der Waals surface area contributed by atoms with E-state index in [0.29, 0.717) is 35.8 Å². The van der Waals surface area contributed by atoms with E-state index < -0.39 is 53.2 Å². The van der Waals surface area contributed by atoms with Crippen LogP contribution in [0.2, 0.25) is 0 Å². The first kappa shape index (κ1) is 34.3. The number of hydrogen-bond acceptors (Lipinski definition) is 9. The van der Waals surface area contributed by atoms with Crippen molar-refractivity contribution in [2.75, 3.05) is 42.9 Å². The number of fused-ring (bicyclic) bond motifs is 2. The number of carbonyl (C=O) groups is 4. The number of piperidine rings is 3. The van der Waals surface area contributed by atoms with Gasteiger partial charge in [-0.25, -0.2) is 18.2 Å². The minimum absolute atomic E-state index is 0.0993. The highest BCUT2D eigenvalue weighted by atomic mass is 19.3. The van der Waals surface area contributed by atoms with Crippen LogP contribution in [0.1, 0.15) is 77.3 Å². The molecule has 17 heteroatoms. The quantitative estimate of drug-likeness (QED) is 0.256. The Morgan fingerprint density at radius 1 is 1.06 bits per heavy atom. The Balaban J connectivity index is 0.784. The number of nitrogens with one attached hydrogen (secondary N) is 4. The van der Waals surface area contributed by atoms with Gasteiger partial charge < -0.3 is 20.4 Å². The van der Waals surface area contributed by atoms with Crippen molar-refractivity contribution in [3.63, 3.8) is 0 Å². The summed E-state index contributed by atoms with van der Waals surface area (Å²) < 4.78 is 45.8. The zero-order chi connectivity index (χ0) is 36.4. The SMILES string of the molecule is C[C@@]12Cc3[nH]nc(C(=O)Nc4cnn([C@H]5CCN(CC6CCN(c7ccc(C(=O)N[C@H]8CCC(=O)NC8=O)nc7)CC6)C[C@@H]5F)c4)c3C[C@@H]1C2(F)F. The number of hydrogen-bond donors (Lipinski definition) is 4. The summed E-state index contributed by atoms with van der Waals surface area (Å²) in [4.78, 5) is 57.7. The number of imide groups is 1. The van der Waals surface area contributed by atoms with E-state index in [1.165, 1.54) is 6.20 Å². The Kier molecular flexibility index (Phi) is 8.58. The fourth-order valence-corrected chi connectivity index (χ4v) is 8.50. The van der Waals surface area contributed by atoms with Gasteiger partial charge in [-0.05, 0) is 50.2 Å². The number of nitrogens with zero attached hydrogens (tertiary/aromatic N) is 6. The number of H-pyrrole nitrogens is 1. The van der Waals surface area contributed by atoms with Crippen LogP contribution in [0, 0.1) is 17.3 Å². The maximum absolute atomic E-state index is 15.6. The summed E-state index contributed by atoms with van der Waals surface area (Å²) in [6.07, 6.45) is 6.68. The summed E-state index contributed by atoms with van der Waals surface area (Å²) in [5.74, 6) is -4.97. The third kappa shape index (κ3) is 6.21. The van der Waals surface area contributed by atoms with Crippen LogP contribution in [0.5, 0.6) is 0 Å². The lowest BCUT2D eigenvalue weighted by molar-refractivity contribution is -0.134. The van der Waals surface area contributed by atoms with E-state index in [9.17, 15) is 28.0 Å². The fourth-order valence-electron chi connectivity index (χ4n) is 8.50. The molecule has 5 atom stereocenters. The van der Waals surface area contributed by atoms with Crippen molar-refractivity contribution in [1.82, 2.24) is 40.5 Å². The molecule has 3 aliphatic heterocycles. The zero-order valence-corrected chi connectivity index (χ0v) is 28.7. The van der Waals surface area contributed by atoms with Crippen LogP contribution in [-0.4, -0.2) is 104 Å². The summed E-state index contributed by atoms with van der Waals surface area (Å²) in [6, 6.07) is 2.23. The van der Waals surface area contributed by atoms with Crippen molar-refractivity contribution in [2.24, 2.45) is 17.3 Å². The molecule has 0 bridgehead atoms. The van der Waals surface area contributed by atoms with Crippen molar-refractivity contribution in [1.29, 1.82) is 0 Å². The molecule has 4 fully saturated rings. The lowest BCUT2D eigenvalue weighted by atomic mass is 9.87. The number of carbonyl (C=O) groups excluding carboxylic acids is 4. The van der Waals surface area contributed by atoms with Crippen LogP contribution in [-0.2, 0) is 22.4 Å². The smallest absolute Gasteiger partial charge is 0.276 e. The van der Waals surface area contributed by atoms with Gasteiger partial charge in [-0.2, -0.15) is 10.2 Å². The Labute approximate surface area is 297 Å². The van der Waals surface area contributed by atoms with Gasteiger partial charge in [-0.15, -0.1) is 0 Å². The van der Waals surface area contributed by atoms with Crippen molar-refractivity contribution in [2.45, 2.75) is 76.0 Å². The number of amides is 4. The Morgan fingerprint density at radius 2 is 1.87 bits per heavy atom. The highest BCUT2D eigenvalue weighted by Crippen LogP contribution is 2.70. The van der Waals surface area contributed by atoms with Crippen molar-refractivity contribution in [3.05, 3.63) is 53.4 Å². The molecule has 52 heavy (non-hydrogen) atoms. The second-order valence-corrected chi connectivity index (χ2v) is 15.1. The fraction of sp³-hybridized carbons (Fsp3) is 0.571. The number of rotatable bonds is 8. The Hall–Kier alpha value is -4.80. The molecule has 3 aromatic rings. The summed E-state index contributed by atoms with van der Waals surface area (Å²) in [6.45, 7) is 4.97. The van der Waals surface area contributed by atoms with Gasteiger partial charge in [-0.1, -0.05) is 6.92 Å². The van der Waals surface area contributed by atoms with Gasteiger partial charge in [0.2, 0.25) is 11.8 Å². The molecule has 4 N–H and O–H groups in total. The number of likely N-dealkylation sites (tertiary alicyclic amines) is 1. The van der Waals surface area contributed by atoms with Crippen molar-refractivity contribution in [3.8, 4) is 0 Å². The van der Waals surface area contributed by atoms with Gasteiger partial charge in [0.15, 0.2) is 5.69 Å². The third-order valence-corrected chi connectivity index (χ3v) is 11.8. The number of alkyl halides is 3. The Bertz CT molecular complexity index is 1890. The molecule has 0 aromatic carbocycles. The molecule has 4 amide bonds. The second-order valence-electron chi connectivity index (χ2n) is 15.1. The van der Waals surface area contributed by atoms with E-state index in [1.807, 2.05) is 6.07 Å². The molecule has 3 saturated heterocycles. The van der Waals surface area contributed by atoms with E-state index >= 15 is 4.39 Å². The second kappa shape index (κ2) is 13.0.